The quantitative estimate of drug-likeness (QED) is 0.168. The van der Waals surface area contributed by atoms with Crippen LogP contribution in [-0.2, 0) is 0 Å². The molecule has 1 aromatic heterocycles. The predicted molar refractivity (Wildman–Crippen MR) is 190 cm³/mol. The highest BCUT2D eigenvalue weighted by atomic mass is 31.1. The van der Waals surface area contributed by atoms with Crippen LogP contribution in [0.15, 0.2) is 177 Å². The van der Waals surface area contributed by atoms with E-state index in [1.165, 1.54) is 0 Å². The van der Waals surface area contributed by atoms with Gasteiger partial charge in [0.05, 0.1) is 0 Å². The van der Waals surface area contributed by atoms with Crippen LogP contribution in [0.1, 0.15) is 28.8 Å². The van der Waals surface area contributed by atoms with Crippen molar-refractivity contribution in [2.75, 3.05) is 0 Å². The summed E-state index contributed by atoms with van der Waals surface area (Å²) in [4.78, 5) is 5.15. The molecule has 0 aliphatic heterocycles. The Bertz CT molecular complexity index is 2260. The lowest BCUT2D eigenvalue weighted by atomic mass is 9.96. The molecule has 8 aromatic rings. The molecule has 0 unspecified atom stereocenters. The lowest BCUT2D eigenvalue weighted by Gasteiger charge is -2.24. The molecule has 0 fully saturated rings. The fraction of sp³-hybridized carbons (Fsp3) is 0.0488. The van der Waals surface area contributed by atoms with Crippen LogP contribution in [0.5, 0.6) is 0 Å². The van der Waals surface area contributed by atoms with E-state index in [1.807, 2.05) is 85.1 Å². The van der Waals surface area contributed by atoms with Crippen molar-refractivity contribution in [1.29, 1.82) is 0 Å². The van der Waals surface area contributed by atoms with Crippen molar-refractivity contribution in [2.24, 2.45) is 4.99 Å². The van der Waals surface area contributed by atoms with Crippen molar-refractivity contribution in [2.45, 2.75) is 12.1 Å². The van der Waals surface area contributed by atoms with Crippen LogP contribution in [0, 0.1) is 0 Å². The van der Waals surface area contributed by atoms with E-state index in [4.69, 9.17) is 17.9 Å². The second-order valence-electron chi connectivity index (χ2n) is 11.2. The first-order valence-corrected chi connectivity index (χ1v) is 16.5. The van der Waals surface area contributed by atoms with Crippen LogP contribution in [0.4, 0.5) is 0 Å². The summed E-state index contributed by atoms with van der Waals surface area (Å²) in [5, 5.41) is 6.50. The molecule has 0 amide bonds. The molecule has 0 saturated carbocycles. The zero-order valence-electron chi connectivity index (χ0n) is 24.9. The Morgan fingerprint density at radius 3 is 1.54 bits per heavy atom. The number of aliphatic imine (C=N–C) groups is 1. The van der Waals surface area contributed by atoms with Gasteiger partial charge in [-0.25, -0.2) is 0 Å². The van der Waals surface area contributed by atoms with E-state index in [2.05, 4.69) is 84.9 Å². The molecule has 7 aromatic carbocycles. The molecular weight excluding hydrogens is 585 g/mol. The van der Waals surface area contributed by atoms with Gasteiger partial charge in [-0.15, -0.1) is 0 Å². The van der Waals surface area contributed by atoms with Gasteiger partial charge in [-0.3, -0.25) is 9.52 Å². The fourth-order valence-corrected chi connectivity index (χ4v) is 7.30. The van der Waals surface area contributed by atoms with Gasteiger partial charge in [-0.1, -0.05) is 152 Å². The van der Waals surface area contributed by atoms with Gasteiger partial charge in [0.2, 0.25) is 0 Å². The third kappa shape index (κ3) is 5.50. The summed E-state index contributed by atoms with van der Waals surface area (Å²) in [6.07, 6.45) is 1.42. The van der Waals surface area contributed by atoms with Gasteiger partial charge >= 0.3 is 8.24 Å². The maximum atomic E-state index is 7.01. The average Bonchev–Trinajstić information content (AvgIpc) is 3.29. The van der Waals surface area contributed by atoms with Crippen LogP contribution < -0.4 is 4.52 Å². The molecule has 8 rings (SSSR count). The Balaban J connectivity index is 1.37. The summed E-state index contributed by atoms with van der Waals surface area (Å²) in [6.45, 7) is 0. The zero-order chi connectivity index (χ0) is 30.7. The first-order valence-electron chi connectivity index (χ1n) is 15.4. The molecule has 0 N–H and O–H groups in total. The predicted octanol–water partition coefficient (Wildman–Crippen LogP) is 11.6. The molecule has 0 bridgehead atoms. The molecule has 0 radical (unpaired) electrons. The SMILES string of the molecule is C(=N[C@H](c1ccccc1)[C@@H](Op1oc2ccc3ccccc3c2c2c(ccc3ccccc32)o1)c1ccccc1)c1ccccc1. The van der Waals surface area contributed by atoms with Crippen LogP contribution in [0.25, 0.3) is 43.5 Å². The van der Waals surface area contributed by atoms with Gasteiger partial charge in [-0.05, 0) is 50.4 Å². The average molecular weight is 616 g/mol. The molecular formula is C41H30NO3P. The first kappa shape index (κ1) is 28.1. The van der Waals surface area contributed by atoms with Crippen LogP contribution in [-0.4, -0.2) is 6.21 Å². The smallest absolute Gasteiger partial charge is 0.388 e. The van der Waals surface area contributed by atoms with Gasteiger partial charge in [-0.2, -0.15) is 0 Å². The number of hydrogen-bond acceptors (Lipinski definition) is 4. The van der Waals surface area contributed by atoms with E-state index in [1.54, 1.807) is 0 Å². The van der Waals surface area contributed by atoms with Crippen LogP contribution in [0.2, 0.25) is 0 Å². The molecule has 1 heterocycles. The second-order valence-corrected chi connectivity index (χ2v) is 12.2. The highest BCUT2D eigenvalue weighted by Gasteiger charge is 2.28. The maximum absolute atomic E-state index is 7.01. The molecule has 0 spiro atoms. The number of hydrogen-bond donors (Lipinski definition) is 0. The largest absolute Gasteiger partial charge is 0.399 e. The molecule has 0 aliphatic carbocycles. The third-order valence-corrected chi connectivity index (χ3v) is 9.41. The summed E-state index contributed by atoms with van der Waals surface area (Å²) in [7, 11) is -1.91. The Hall–Kier alpha value is -5.41. The fourth-order valence-electron chi connectivity index (χ4n) is 6.12. The number of rotatable bonds is 7. The van der Waals surface area contributed by atoms with Gasteiger partial charge in [0.1, 0.15) is 23.3 Å². The van der Waals surface area contributed by atoms with Crippen molar-refractivity contribution < 1.29 is 12.9 Å². The Kier molecular flexibility index (Phi) is 7.65. The summed E-state index contributed by atoms with van der Waals surface area (Å²) in [5.41, 5.74) is 4.50. The molecule has 0 aliphatic rings. The van der Waals surface area contributed by atoms with E-state index in [0.29, 0.717) is 0 Å². The molecule has 222 valence electrons. The van der Waals surface area contributed by atoms with Crippen molar-refractivity contribution in [3.8, 4) is 0 Å². The standard InChI is InChI=1S/C41H30NO3P/c1-4-14-29(15-5-1)28-42-40(32-18-6-2-7-19-32)41(33-20-8-3-9-21-33)45-46-43-36-26-24-30-16-10-12-22-34(30)38(36)39-35-23-13-11-17-31(35)25-27-37(39)44-46/h1-28,40-41H/t40-,41+/m1/s1. The molecule has 46 heavy (non-hydrogen) atoms. The number of benzene rings is 7. The van der Waals surface area contributed by atoms with E-state index in [-0.39, 0.29) is 6.04 Å². The van der Waals surface area contributed by atoms with E-state index < -0.39 is 14.3 Å². The normalized spacial score (nSPS) is 13.0. The van der Waals surface area contributed by atoms with Gasteiger partial charge in [0, 0.05) is 17.0 Å². The minimum absolute atomic E-state index is 0.367. The number of fused-ring (bicyclic) bond motifs is 7. The van der Waals surface area contributed by atoms with Crippen molar-refractivity contribution in [1.82, 2.24) is 0 Å². The Morgan fingerprint density at radius 1 is 0.500 bits per heavy atom. The molecule has 2 atom stereocenters. The van der Waals surface area contributed by atoms with Crippen molar-refractivity contribution in [3.63, 3.8) is 0 Å². The topological polar surface area (TPSA) is 47.9 Å². The zero-order valence-corrected chi connectivity index (χ0v) is 25.8. The Morgan fingerprint density at radius 2 is 0.978 bits per heavy atom. The van der Waals surface area contributed by atoms with E-state index in [9.17, 15) is 0 Å². The van der Waals surface area contributed by atoms with Crippen molar-refractivity contribution in [3.05, 3.63) is 180 Å². The molecule has 0 saturated heterocycles. The van der Waals surface area contributed by atoms with Crippen LogP contribution >= 0.6 is 8.24 Å². The molecule has 5 heteroatoms. The first-order chi connectivity index (χ1) is 22.8. The van der Waals surface area contributed by atoms with Crippen molar-refractivity contribution >= 4 is 57.9 Å². The summed E-state index contributed by atoms with van der Waals surface area (Å²) in [5.74, 6) is 0. The third-order valence-electron chi connectivity index (χ3n) is 8.32. The summed E-state index contributed by atoms with van der Waals surface area (Å²) >= 11 is 0. The minimum atomic E-state index is -1.91. The molecule has 4 nitrogen and oxygen atoms in total. The Labute approximate surface area is 267 Å². The lowest BCUT2D eigenvalue weighted by molar-refractivity contribution is 0.227. The van der Waals surface area contributed by atoms with E-state index in [0.717, 1.165) is 60.2 Å². The van der Waals surface area contributed by atoms with Gasteiger partial charge in [0.15, 0.2) is 0 Å². The summed E-state index contributed by atoms with van der Waals surface area (Å²) < 4.78 is 20.5. The number of nitrogens with zero attached hydrogens (tertiary/aromatic N) is 1. The lowest BCUT2D eigenvalue weighted by Crippen LogP contribution is -2.15. The highest BCUT2D eigenvalue weighted by Crippen LogP contribution is 2.44. The summed E-state index contributed by atoms with van der Waals surface area (Å²) in [6, 6.07) is 55.4. The second kappa shape index (κ2) is 12.5. The monoisotopic (exact) mass is 615 g/mol. The maximum Gasteiger partial charge on any atom is 0.388 e. The van der Waals surface area contributed by atoms with Gasteiger partial charge < -0.3 is 8.39 Å². The van der Waals surface area contributed by atoms with Crippen LogP contribution in [0.3, 0.4) is 0 Å². The van der Waals surface area contributed by atoms with E-state index >= 15 is 0 Å². The van der Waals surface area contributed by atoms with Gasteiger partial charge in [0.25, 0.3) is 0 Å². The minimum Gasteiger partial charge on any atom is -0.399 e. The highest BCUT2D eigenvalue weighted by molar-refractivity contribution is 7.31.